The van der Waals surface area contributed by atoms with E-state index in [0.717, 1.165) is 25.7 Å². The molecular formula is C20H23BrN2O3S. The lowest BCUT2D eigenvalue weighted by Gasteiger charge is -2.34. The first-order valence-electron chi connectivity index (χ1n) is 9.11. The molecule has 0 bridgehead atoms. The average Bonchev–Trinajstić information content (AvgIpc) is 2.68. The van der Waals surface area contributed by atoms with Gasteiger partial charge in [0.1, 0.15) is 0 Å². The third-order valence-electron chi connectivity index (χ3n) is 4.88. The lowest BCUT2D eigenvalue weighted by atomic mass is 10.0. The molecule has 1 aliphatic heterocycles. The Kier molecular flexibility index (Phi) is 6.34. The maximum absolute atomic E-state index is 13.0. The van der Waals surface area contributed by atoms with E-state index in [0.29, 0.717) is 22.3 Å². The van der Waals surface area contributed by atoms with Crippen LogP contribution < -0.4 is 5.32 Å². The maximum Gasteiger partial charge on any atom is 0.256 e. The van der Waals surface area contributed by atoms with Gasteiger partial charge in [0.25, 0.3) is 5.91 Å². The van der Waals surface area contributed by atoms with Gasteiger partial charge in [0.15, 0.2) is 0 Å². The molecule has 7 heteroatoms. The molecule has 0 aromatic heterocycles. The van der Waals surface area contributed by atoms with Crippen molar-refractivity contribution in [2.45, 2.75) is 43.5 Å². The molecule has 1 N–H and O–H groups in total. The van der Waals surface area contributed by atoms with Crippen molar-refractivity contribution in [3.8, 4) is 0 Å². The molecular weight excluding hydrogens is 428 g/mol. The lowest BCUT2D eigenvalue weighted by Crippen LogP contribution is -2.43. The fourth-order valence-corrected chi connectivity index (χ4v) is 5.62. The number of hydrogen-bond acceptors (Lipinski definition) is 3. The highest BCUT2D eigenvalue weighted by Crippen LogP contribution is 2.27. The number of carbonyl (C=O) groups excluding carboxylic acids is 1. The van der Waals surface area contributed by atoms with Crippen LogP contribution in [0.25, 0.3) is 0 Å². The number of nitrogens with zero attached hydrogens (tertiary/aromatic N) is 1. The van der Waals surface area contributed by atoms with Crippen molar-refractivity contribution < 1.29 is 13.2 Å². The van der Waals surface area contributed by atoms with E-state index in [-0.39, 0.29) is 16.8 Å². The Labute approximate surface area is 169 Å². The molecule has 2 aromatic carbocycles. The molecule has 27 heavy (non-hydrogen) atoms. The van der Waals surface area contributed by atoms with Crippen LogP contribution in [-0.2, 0) is 10.0 Å². The minimum absolute atomic E-state index is 0.0681. The van der Waals surface area contributed by atoms with Crippen molar-refractivity contribution in [1.82, 2.24) is 4.31 Å². The molecule has 1 fully saturated rings. The molecule has 144 valence electrons. The summed E-state index contributed by atoms with van der Waals surface area (Å²) in [6.45, 7) is 2.60. The third-order valence-corrected chi connectivity index (χ3v) is 7.54. The molecule has 0 radical (unpaired) electrons. The Morgan fingerprint density at radius 1 is 1.15 bits per heavy atom. The first kappa shape index (κ1) is 20.0. The summed E-state index contributed by atoms with van der Waals surface area (Å²) >= 11 is 3.36. The third kappa shape index (κ3) is 4.42. The largest absolute Gasteiger partial charge is 0.322 e. The van der Waals surface area contributed by atoms with E-state index >= 15 is 0 Å². The summed E-state index contributed by atoms with van der Waals surface area (Å²) in [5.74, 6) is -0.250. The van der Waals surface area contributed by atoms with Crippen molar-refractivity contribution >= 4 is 37.5 Å². The zero-order valence-electron chi connectivity index (χ0n) is 15.2. The van der Waals surface area contributed by atoms with Gasteiger partial charge in [-0.05, 0) is 71.6 Å². The number of anilines is 1. The minimum Gasteiger partial charge on any atom is -0.322 e. The topological polar surface area (TPSA) is 66.5 Å². The first-order valence-corrected chi connectivity index (χ1v) is 11.3. The summed E-state index contributed by atoms with van der Waals surface area (Å²) in [7, 11) is -3.51. The monoisotopic (exact) mass is 450 g/mol. The van der Waals surface area contributed by atoms with E-state index in [1.54, 1.807) is 46.8 Å². The molecule has 1 amide bonds. The van der Waals surface area contributed by atoms with E-state index in [1.165, 1.54) is 0 Å². The predicted octanol–water partition coefficient (Wildman–Crippen LogP) is 4.65. The Morgan fingerprint density at radius 2 is 1.85 bits per heavy atom. The molecule has 0 spiro atoms. The first-order chi connectivity index (χ1) is 12.9. The van der Waals surface area contributed by atoms with Crippen LogP contribution in [0, 0.1) is 0 Å². The van der Waals surface area contributed by atoms with Crippen LogP contribution in [0.1, 0.15) is 43.0 Å². The summed E-state index contributed by atoms with van der Waals surface area (Å²) in [4.78, 5) is 12.6. The molecule has 0 aliphatic carbocycles. The van der Waals surface area contributed by atoms with E-state index in [2.05, 4.69) is 21.2 Å². The number of hydrogen-bond donors (Lipinski definition) is 1. The number of halogens is 1. The summed E-state index contributed by atoms with van der Waals surface area (Å²) in [5, 5.41) is 2.80. The van der Waals surface area contributed by atoms with Crippen LogP contribution in [0.2, 0.25) is 0 Å². The number of rotatable bonds is 5. The number of nitrogens with one attached hydrogen (secondary N) is 1. The van der Waals surface area contributed by atoms with Crippen molar-refractivity contribution in [3.05, 3.63) is 58.6 Å². The van der Waals surface area contributed by atoms with Crippen LogP contribution in [0.4, 0.5) is 5.69 Å². The fourth-order valence-electron chi connectivity index (χ4n) is 3.39. The number of piperidine rings is 1. The Bertz CT molecular complexity index is 913. The second kappa shape index (κ2) is 8.54. The molecule has 1 aliphatic rings. The van der Waals surface area contributed by atoms with E-state index in [1.807, 2.05) is 13.0 Å². The molecule has 1 heterocycles. The van der Waals surface area contributed by atoms with E-state index in [9.17, 15) is 13.2 Å². The maximum atomic E-state index is 13.0. The van der Waals surface area contributed by atoms with E-state index in [4.69, 9.17) is 0 Å². The highest BCUT2D eigenvalue weighted by atomic mass is 79.9. The van der Waals surface area contributed by atoms with Gasteiger partial charge in [0, 0.05) is 22.7 Å². The molecule has 1 unspecified atom stereocenters. The van der Waals surface area contributed by atoms with E-state index < -0.39 is 10.0 Å². The van der Waals surface area contributed by atoms with Gasteiger partial charge >= 0.3 is 0 Å². The van der Waals surface area contributed by atoms with Crippen molar-refractivity contribution in [1.29, 1.82) is 0 Å². The molecule has 5 nitrogen and oxygen atoms in total. The second-order valence-electron chi connectivity index (χ2n) is 6.63. The zero-order valence-corrected chi connectivity index (χ0v) is 17.6. The normalized spacial score (nSPS) is 18.2. The Morgan fingerprint density at radius 3 is 2.52 bits per heavy atom. The van der Waals surface area contributed by atoms with Crippen LogP contribution in [0.3, 0.4) is 0 Å². The molecule has 0 saturated carbocycles. The number of benzene rings is 2. The summed E-state index contributed by atoms with van der Waals surface area (Å²) < 4.78 is 28.3. The highest BCUT2D eigenvalue weighted by molar-refractivity contribution is 9.10. The fraction of sp³-hybridized carbons (Fsp3) is 0.350. The van der Waals surface area contributed by atoms with Crippen LogP contribution in [0.15, 0.2) is 57.9 Å². The van der Waals surface area contributed by atoms with Crippen molar-refractivity contribution in [2.75, 3.05) is 11.9 Å². The van der Waals surface area contributed by atoms with Crippen molar-refractivity contribution in [3.63, 3.8) is 0 Å². The Hall–Kier alpha value is -1.70. The second-order valence-corrected chi connectivity index (χ2v) is 9.38. The van der Waals surface area contributed by atoms with Crippen LogP contribution in [0.5, 0.6) is 0 Å². The SMILES string of the molecule is CCC1CCCCN1S(=O)(=O)c1ccc(NC(=O)c2ccccc2Br)cc1. The molecule has 1 atom stereocenters. The van der Waals surface area contributed by atoms with Gasteiger partial charge in [0.05, 0.1) is 10.5 Å². The van der Waals surface area contributed by atoms with Gasteiger partial charge in [0.2, 0.25) is 10.0 Å². The predicted molar refractivity (Wildman–Crippen MR) is 110 cm³/mol. The highest BCUT2D eigenvalue weighted by Gasteiger charge is 2.32. The lowest BCUT2D eigenvalue weighted by molar-refractivity contribution is 0.102. The van der Waals surface area contributed by atoms with Gasteiger partial charge < -0.3 is 5.32 Å². The minimum atomic E-state index is -3.51. The summed E-state index contributed by atoms with van der Waals surface area (Å²) in [6, 6.07) is 13.6. The molecule has 3 rings (SSSR count). The summed E-state index contributed by atoms with van der Waals surface area (Å²) in [5.41, 5.74) is 1.08. The van der Waals surface area contributed by atoms with Gasteiger partial charge in [-0.3, -0.25) is 4.79 Å². The number of carbonyl (C=O) groups is 1. The van der Waals surface area contributed by atoms with Gasteiger partial charge in [-0.1, -0.05) is 25.5 Å². The average molecular weight is 451 g/mol. The molecule has 2 aromatic rings. The zero-order chi connectivity index (χ0) is 19.4. The standard InChI is InChI=1S/C20H23BrN2O3S/c1-2-16-7-5-6-14-23(16)27(25,26)17-12-10-15(11-13-17)22-20(24)18-8-3-4-9-19(18)21/h3-4,8-13,16H,2,5-7,14H2,1H3,(H,22,24). The number of sulfonamides is 1. The Balaban J connectivity index is 1.77. The smallest absolute Gasteiger partial charge is 0.256 e. The van der Waals surface area contributed by atoms with Gasteiger partial charge in [-0.2, -0.15) is 4.31 Å². The van der Waals surface area contributed by atoms with Gasteiger partial charge in [-0.15, -0.1) is 0 Å². The number of amides is 1. The van der Waals surface area contributed by atoms with Crippen molar-refractivity contribution in [2.24, 2.45) is 0 Å². The molecule has 1 saturated heterocycles. The summed E-state index contributed by atoms with van der Waals surface area (Å²) in [6.07, 6.45) is 3.70. The van der Waals surface area contributed by atoms with Crippen LogP contribution >= 0.6 is 15.9 Å². The quantitative estimate of drug-likeness (QED) is 0.720. The van der Waals surface area contributed by atoms with Gasteiger partial charge in [-0.25, -0.2) is 8.42 Å². The van der Waals surface area contributed by atoms with Crippen LogP contribution in [-0.4, -0.2) is 31.2 Å².